The van der Waals surface area contributed by atoms with Crippen molar-refractivity contribution in [3.63, 3.8) is 0 Å². The summed E-state index contributed by atoms with van der Waals surface area (Å²) >= 11 is 0. The fraction of sp³-hybridized carbons (Fsp3) is 0.333. The maximum Gasteiger partial charge on any atom is 0.0961 e. The number of hydrogen-bond donors (Lipinski definition) is 2. The van der Waals surface area contributed by atoms with Crippen molar-refractivity contribution >= 4 is 12.1 Å². The quantitative estimate of drug-likeness (QED) is 0.453. The fourth-order valence-electron chi connectivity index (χ4n) is 2.21. The molecule has 112 valence electrons. The van der Waals surface area contributed by atoms with Crippen LogP contribution in [0.3, 0.4) is 0 Å². The highest BCUT2D eigenvalue weighted by atomic mass is 14.9. The molecule has 3 N–H and O–H groups in total. The minimum Gasteiger partial charge on any atom is -0.387 e. The molecule has 0 aliphatic heterocycles. The van der Waals surface area contributed by atoms with Crippen molar-refractivity contribution in [2.75, 3.05) is 0 Å². The third-order valence-corrected chi connectivity index (χ3v) is 3.31. The van der Waals surface area contributed by atoms with Gasteiger partial charge in [0.1, 0.15) is 0 Å². The normalized spacial score (nSPS) is 13.7. The number of rotatable bonds is 6. The first-order valence-corrected chi connectivity index (χ1v) is 7.24. The summed E-state index contributed by atoms with van der Waals surface area (Å²) in [6, 6.07) is 10.3. The average molecular weight is 283 g/mol. The van der Waals surface area contributed by atoms with E-state index in [1.165, 1.54) is 11.8 Å². The molecule has 1 unspecified atom stereocenters. The zero-order chi connectivity index (χ0) is 15.8. The molecule has 0 saturated carbocycles. The fourth-order valence-corrected chi connectivity index (χ4v) is 2.21. The van der Waals surface area contributed by atoms with Crippen molar-refractivity contribution in [3.8, 4) is 0 Å². The third kappa shape index (κ3) is 5.03. The van der Waals surface area contributed by atoms with Gasteiger partial charge in [-0.25, -0.2) is 4.99 Å². The molecule has 0 aliphatic rings. The van der Waals surface area contributed by atoms with Crippen molar-refractivity contribution in [2.24, 2.45) is 10.7 Å². The number of aliphatic imine (C=N–C) groups is 1. The average Bonchev–Trinajstić information content (AvgIpc) is 2.45. The zero-order valence-corrected chi connectivity index (χ0v) is 13.4. The van der Waals surface area contributed by atoms with Crippen LogP contribution in [-0.4, -0.2) is 12.1 Å². The summed E-state index contributed by atoms with van der Waals surface area (Å²) in [5.74, 6) is 0.715. The summed E-state index contributed by atoms with van der Waals surface area (Å²) in [5.41, 5.74) is 9.89. The van der Waals surface area contributed by atoms with Crippen molar-refractivity contribution in [1.82, 2.24) is 0 Å². The van der Waals surface area contributed by atoms with Crippen LogP contribution in [-0.2, 0) is 0 Å². The van der Waals surface area contributed by atoms with E-state index in [0.29, 0.717) is 5.84 Å². The molecular weight excluding hydrogens is 258 g/mol. The van der Waals surface area contributed by atoms with E-state index in [1.54, 1.807) is 6.92 Å². The molecule has 0 saturated heterocycles. The highest BCUT2D eigenvalue weighted by molar-refractivity contribution is 5.82. The maximum absolute atomic E-state index is 7.56. The number of hydrogen-bond acceptors (Lipinski definition) is 2. The summed E-state index contributed by atoms with van der Waals surface area (Å²) in [6.07, 6.45) is 4.27. The number of allylic oxidation sites excluding steroid dienone is 4. The largest absolute Gasteiger partial charge is 0.387 e. The van der Waals surface area contributed by atoms with Gasteiger partial charge in [0.25, 0.3) is 0 Å². The predicted molar refractivity (Wildman–Crippen MR) is 92.0 cm³/mol. The lowest BCUT2D eigenvalue weighted by atomic mass is 9.91. The van der Waals surface area contributed by atoms with Crippen molar-refractivity contribution in [2.45, 2.75) is 40.0 Å². The van der Waals surface area contributed by atoms with E-state index in [0.717, 1.165) is 23.3 Å². The van der Waals surface area contributed by atoms with Gasteiger partial charge in [-0.2, -0.15) is 0 Å². The van der Waals surface area contributed by atoms with Gasteiger partial charge in [0, 0.05) is 12.1 Å². The van der Waals surface area contributed by atoms with Gasteiger partial charge in [0.2, 0.25) is 0 Å². The second kappa shape index (κ2) is 8.20. The lowest BCUT2D eigenvalue weighted by Gasteiger charge is -2.17. The van der Waals surface area contributed by atoms with Crippen molar-refractivity contribution in [1.29, 1.82) is 5.41 Å². The molecule has 0 aromatic heterocycles. The Morgan fingerprint density at radius 1 is 1.24 bits per heavy atom. The van der Waals surface area contributed by atoms with Crippen LogP contribution in [0.25, 0.3) is 0 Å². The molecule has 3 heteroatoms. The molecule has 3 nitrogen and oxygen atoms in total. The van der Waals surface area contributed by atoms with Crippen LogP contribution in [0.2, 0.25) is 0 Å². The molecule has 0 bridgehead atoms. The summed E-state index contributed by atoms with van der Waals surface area (Å²) in [4.78, 5) is 4.51. The van der Waals surface area contributed by atoms with E-state index in [2.05, 4.69) is 24.0 Å². The summed E-state index contributed by atoms with van der Waals surface area (Å²) < 4.78 is 0. The summed E-state index contributed by atoms with van der Waals surface area (Å²) in [6.45, 7) is 7.92. The Balaban J connectivity index is 3.37. The Labute approximate surface area is 127 Å². The first-order valence-electron chi connectivity index (χ1n) is 7.24. The Morgan fingerprint density at radius 3 is 2.29 bits per heavy atom. The Bertz CT molecular complexity index is 557. The molecule has 0 amide bonds. The zero-order valence-electron chi connectivity index (χ0n) is 13.4. The number of amidine groups is 1. The maximum atomic E-state index is 7.56. The smallest absolute Gasteiger partial charge is 0.0961 e. The molecule has 21 heavy (non-hydrogen) atoms. The highest BCUT2D eigenvalue weighted by Crippen LogP contribution is 2.29. The van der Waals surface area contributed by atoms with Gasteiger partial charge in [-0.3, -0.25) is 0 Å². The topological polar surface area (TPSA) is 62.2 Å². The van der Waals surface area contributed by atoms with Gasteiger partial charge in [0.15, 0.2) is 0 Å². The first-order chi connectivity index (χ1) is 9.99. The molecule has 1 atom stereocenters. The molecule has 0 spiro atoms. The molecule has 0 radical (unpaired) electrons. The summed E-state index contributed by atoms with van der Waals surface area (Å²) in [5, 5.41) is 7.56. The van der Waals surface area contributed by atoms with Gasteiger partial charge in [-0.05, 0) is 44.4 Å². The van der Waals surface area contributed by atoms with Gasteiger partial charge < -0.3 is 11.1 Å². The lowest BCUT2D eigenvalue weighted by molar-refractivity contribution is 0.750. The van der Waals surface area contributed by atoms with E-state index in [9.17, 15) is 0 Å². The molecule has 0 aliphatic carbocycles. The third-order valence-electron chi connectivity index (χ3n) is 3.31. The van der Waals surface area contributed by atoms with Crippen LogP contribution >= 0.6 is 0 Å². The number of nitrogens with one attached hydrogen (secondary N) is 1. The number of nitrogens with two attached hydrogens (primary N) is 1. The predicted octanol–water partition coefficient (Wildman–Crippen LogP) is 4.43. The van der Waals surface area contributed by atoms with Crippen LogP contribution in [0.5, 0.6) is 0 Å². The standard InChI is InChI=1S/C18H25N3/c1-5-17(15-9-7-6-8-10-15)18(21-14(4)20)11-16(12-19)13(2)3/h6-12,17,19H,5H2,1-4H3,(H2,20,21)/b18-11-,19-12?. The molecule has 0 fully saturated rings. The molecule has 1 aromatic carbocycles. The highest BCUT2D eigenvalue weighted by Gasteiger charge is 2.15. The Kier molecular flexibility index (Phi) is 6.60. The van der Waals surface area contributed by atoms with E-state index in [1.807, 2.05) is 38.1 Å². The monoisotopic (exact) mass is 283 g/mol. The second-order valence-corrected chi connectivity index (χ2v) is 5.29. The molecule has 0 heterocycles. The van der Waals surface area contributed by atoms with Crippen LogP contribution in [0, 0.1) is 5.41 Å². The first kappa shape index (κ1) is 16.9. The molecular formula is C18H25N3. The van der Waals surface area contributed by atoms with Gasteiger partial charge in [-0.1, -0.05) is 42.8 Å². The Morgan fingerprint density at radius 2 is 1.86 bits per heavy atom. The van der Waals surface area contributed by atoms with Crippen LogP contribution < -0.4 is 5.73 Å². The minimum atomic E-state index is 0.180. The number of nitrogens with zero attached hydrogens (tertiary/aromatic N) is 1. The SMILES string of the molecule is CCC(C(=C/C(C=N)=C(C)C)/N=C(/C)N)c1ccccc1. The summed E-state index contributed by atoms with van der Waals surface area (Å²) in [7, 11) is 0. The van der Waals surface area contributed by atoms with Crippen LogP contribution in [0.1, 0.15) is 45.6 Å². The molecule has 1 aromatic rings. The van der Waals surface area contributed by atoms with Gasteiger partial charge >= 0.3 is 0 Å². The second-order valence-electron chi connectivity index (χ2n) is 5.29. The van der Waals surface area contributed by atoms with Crippen molar-refractivity contribution in [3.05, 3.63) is 58.8 Å². The Hall–Kier alpha value is -2.16. The number of benzene rings is 1. The molecule has 1 rings (SSSR count). The van der Waals surface area contributed by atoms with E-state index in [-0.39, 0.29) is 5.92 Å². The van der Waals surface area contributed by atoms with E-state index >= 15 is 0 Å². The van der Waals surface area contributed by atoms with E-state index in [4.69, 9.17) is 11.1 Å². The van der Waals surface area contributed by atoms with E-state index < -0.39 is 0 Å². The lowest BCUT2D eigenvalue weighted by Crippen LogP contribution is -2.09. The van der Waals surface area contributed by atoms with Gasteiger partial charge in [-0.15, -0.1) is 0 Å². The minimum absolute atomic E-state index is 0.180. The van der Waals surface area contributed by atoms with Crippen molar-refractivity contribution < 1.29 is 0 Å². The van der Waals surface area contributed by atoms with Crippen LogP contribution in [0.4, 0.5) is 0 Å². The van der Waals surface area contributed by atoms with Gasteiger partial charge in [0.05, 0.1) is 11.5 Å². The van der Waals surface area contributed by atoms with Crippen LogP contribution in [0.15, 0.2) is 58.2 Å².